The Hall–Kier alpha value is -2.57. The summed E-state index contributed by atoms with van der Waals surface area (Å²) in [7, 11) is 0. The van der Waals surface area contributed by atoms with Gasteiger partial charge in [-0.2, -0.15) is 0 Å². The van der Waals surface area contributed by atoms with E-state index in [0.29, 0.717) is 34.9 Å². The van der Waals surface area contributed by atoms with Gasteiger partial charge in [0.2, 0.25) is 0 Å². The first kappa shape index (κ1) is 18.2. The SMILES string of the molecule is CC(C)(Oc1cccc(C(=O)c2ccc(N)c(N)c2)c1)C1CNCCO1. The van der Waals surface area contributed by atoms with Crippen LogP contribution in [0.3, 0.4) is 0 Å². The number of hydrogen-bond donors (Lipinski definition) is 3. The monoisotopic (exact) mass is 355 g/mol. The van der Waals surface area contributed by atoms with Crippen LogP contribution in [0.15, 0.2) is 42.5 Å². The van der Waals surface area contributed by atoms with Crippen LogP contribution in [0.1, 0.15) is 29.8 Å². The zero-order chi connectivity index (χ0) is 18.7. The minimum Gasteiger partial charge on any atom is -0.485 e. The molecule has 0 amide bonds. The van der Waals surface area contributed by atoms with E-state index < -0.39 is 5.60 Å². The molecule has 5 N–H and O–H groups in total. The fraction of sp³-hybridized carbons (Fsp3) is 0.350. The average molecular weight is 355 g/mol. The minimum absolute atomic E-state index is 0.0625. The summed E-state index contributed by atoms with van der Waals surface area (Å²) in [5.74, 6) is 0.494. The van der Waals surface area contributed by atoms with Gasteiger partial charge >= 0.3 is 0 Å². The second kappa shape index (κ2) is 7.35. The number of nitrogen functional groups attached to an aromatic ring is 2. The molecule has 2 aromatic rings. The third-order valence-electron chi connectivity index (χ3n) is 4.53. The average Bonchev–Trinajstić information content (AvgIpc) is 2.64. The van der Waals surface area contributed by atoms with E-state index in [1.54, 1.807) is 36.4 Å². The highest BCUT2D eigenvalue weighted by atomic mass is 16.6. The summed E-state index contributed by atoms with van der Waals surface area (Å²) >= 11 is 0. The lowest BCUT2D eigenvalue weighted by Gasteiger charge is -2.37. The lowest BCUT2D eigenvalue weighted by molar-refractivity contribution is -0.0854. The topological polar surface area (TPSA) is 99.6 Å². The van der Waals surface area contributed by atoms with Gasteiger partial charge in [-0.1, -0.05) is 12.1 Å². The summed E-state index contributed by atoms with van der Waals surface area (Å²) in [5.41, 5.74) is 12.9. The maximum Gasteiger partial charge on any atom is 0.193 e. The van der Waals surface area contributed by atoms with Gasteiger partial charge in [-0.25, -0.2) is 0 Å². The van der Waals surface area contributed by atoms with Crippen LogP contribution in [-0.2, 0) is 4.74 Å². The third-order valence-corrected chi connectivity index (χ3v) is 4.53. The molecule has 0 aliphatic carbocycles. The van der Waals surface area contributed by atoms with Crippen molar-refractivity contribution in [2.24, 2.45) is 0 Å². The number of morpholine rings is 1. The largest absolute Gasteiger partial charge is 0.485 e. The van der Waals surface area contributed by atoms with E-state index >= 15 is 0 Å². The number of nitrogens with two attached hydrogens (primary N) is 2. The van der Waals surface area contributed by atoms with E-state index in [4.69, 9.17) is 20.9 Å². The predicted molar refractivity (Wildman–Crippen MR) is 102 cm³/mol. The van der Waals surface area contributed by atoms with Crippen LogP contribution < -0.4 is 21.5 Å². The lowest BCUT2D eigenvalue weighted by Crippen LogP contribution is -2.53. The van der Waals surface area contributed by atoms with Crippen molar-refractivity contribution in [1.82, 2.24) is 5.32 Å². The van der Waals surface area contributed by atoms with Crippen LogP contribution in [0, 0.1) is 0 Å². The minimum atomic E-state index is -0.527. The molecule has 3 rings (SSSR count). The Morgan fingerprint density at radius 3 is 2.62 bits per heavy atom. The summed E-state index contributed by atoms with van der Waals surface area (Å²) in [5, 5.41) is 3.31. The molecule has 0 saturated carbocycles. The van der Waals surface area contributed by atoms with Crippen LogP contribution >= 0.6 is 0 Å². The summed E-state index contributed by atoms with van der Waals surface area (Å²) in [6.07, 6.45) is -0.0625. The quantitative estimate of drug-likeness (QED) is 0.562. The van der Waals surface area contributed by atoms with Crippen LogP contribution in [0.2, 0.25) is 0 Å². The second-order valence-corrected chi connectivity index (χ2v) is 6.97. The van der Waals surface area contributed by atoms with Crippen molar-refractivity contribution in [3.8, 4) is 5.75 Å². The number of ether oxygens (including phenoxy) is 2. The van der Waals surface area contributed by atoms with Crippen molar-refractivity contribution in [2.75, 3.05) is 31.2 Å². The molecule has 26 heavy (non-hydrogen) atoms. The molecule has 138 valence electrons. The van der Waals surface area contributed by atoms with Gasteiger partial charge in [0.15, 0.2) is 5.78 Å². The molecule has 6 heteroatoms. The maximum absolute atomic E-state index is 12.7. The Balaban J connectivity index is 1.79. The number of rotatable bonds is 5. The van der Waals surface area contributed by atoms with Gasteiger partial charge < -0.3 is 26.3 Å². The van der Waals surface area contributed by atoms with Gasteiger partial charge in [0.05, 0.1) is 18.0 Å². The van der Waals surface area contributed by atoms with Crippen molar-refractivity contribution >= 4 is 17.2 Å². The van der Waals surface area contributed by atoms with Crippen molar-refractivity contribution < 1.29 is 14.3 Å². The highest BCUT2D eigenvalue weighted by Gasteiger charge is 2.34. The smallest absolute Gasteiger partial charge is 0.193 e. The van der Waals surface area contributed by atoms with Crippen molar-refractivity contribution in [3.63, 3.8) is 0 Å². The van der Waals surface area contributed by atoms with Crippen molar-refractivity contribution in [1.29, 1.82) is 0 Å². The van der Waals surface area contributed by atoms with Gasteiger partial charge in [-0.05, 0) is 44.2 Å². The van der Waals surface area contributed by atoms with Gasteiger partial charge in [-0.3, -0.25) is 4.79 Å². The lowest BCUT2D eigenvalue weighted by atomic mass is 9.99. The number of nitrogens with one attached hydrogen (secondary N) is 1. The number of carbonyl (C=O) groups excluding carboxylic acids is 1. The molecule has 0 spiro atoms. The summed E-state index contributed by atoms with van der Waals surface area (Å²) in [6.45, 7) is 6.21. The zero-order valence-corrected chi connectivity index (χ0v) is 15.1. The van der Waals surface area contributed by atoms with E-state index in [1.165, 1.54) is 0 Å². The highest BCUT2D eigenvalue weighted by Crippen LogP contribution is 2.26. The molecule has 1 unspecified atom stereocenters. The van der Waals surface area contributed by atoms with E-state index in [1.807, 2.05) is 19.9 Å². The van der Waals surface area contributed by atoms with Crippen LogP contribution in [0.4, 0.5) is 11.4 Å². The molecule has 1 fully saturated rings. The Kier molecular flexibility index (Phi) is 5.15. The Bertz CT molecular complexity index is 799. The first-order valence-electron chi connectivity index (χ1n) is 8.68. The molecule has 1 saturated heterocycles. The standard InChI is InChI=1S/C20H25N3O3/c1-20(2,18-12-23-8-9-25-18)26-15-5-3-4-13(10-15)19(24)14-6-7-16(21)17(22)11-14/h3-7,10-11,18,23H,8-9,12,21-22H2,1-2H3. The highest BCUT2D eigenvalue weighted by molar-refractivity contribution is 6.10. The molecule has 0 aromatic heterocycles. The number of carbonyl (C=O) groups is 1. The van der Waals surface area contributed by atoms with Crippen molar-refractivity contribution in [3.05, 3.63) is 53.6 Å². The molecular weight excluding hydrogens is 330 g/mol. The molecule has 2 aromatic carbocycles. The van der Waals surface area contributed by atoms with Gasteiger partial charge in [0.25, 0.3) is 0 Å². The van der Waals surface area contributed by atoms with E-state index in [9.17, 15) is 4.79 Å². The van der Waals surface area contributed by atoms with Crippen molar-refractivity contribution in [2.45, 2.75) is 25.6 Å². The summed E-state index contributed by atoms with van der Waals surface area (Å²) in [4.78, 5) is 12.7. The maximum atomic E-state index is 12.7. The molecule has 6 nitrogen and oxygen atoms in total. The molecule has 1 aliphatic heterocycles. The Labute approximate surface area is 153 Å². The zero-order valence-electron chi connectivity index (χ0n) is 15.1. The molecule has 1 atom stereocenters. The summed E-state index contributed by atoms with van der Waals surface area (Å²) < 4.78 is 12.0. The number of benzene rings is 2. The molecule has 1 aliphatic rings. The molecule has 1 heterocycles. The number of anilines is 2. The summed E-state index contributed by atoms with van der Waals surface area (Å²) in [6, 6.07) is 12.1. The third kappa shape index (κ3) is 3.98. The van der Waals surface area contributed by atoms with Crippen LogP contribution in [0.5, 0.6) is 5.75 Å². The van der Waals surface area contributed by atoms with Crippen LogP contribution in [0.25, 0.3) is 0 Å². The van der Waals surface area contributed by atoms with E-state index in [2.05, 4.69) is 5.32 Å². The molecule has 0 bridgehead atoms. The fourth-order valence-corrected chi connectivity index (χ4v) is 2.96. The van der Waals surface area contributed by atoms with E-state index in [-0.39, 0.29) is 11.9 Å². The van der Waals surface area contributed by atoms with Gasteiger partial charge in [0.1, 0.15) is 17.5 Å². The fourth-order valence-electron chi connectivity index (χ4n) is 2.96. The van der Waals surface area contributed by atoms with E-state index in [0.717, 1.165) is 13.1 Å². The first-order chi connectivity index (χ1) is 12.4. The van der Waals surface area contributed by atoms with Gasteiger partial charge in [-0.15, -0.1) is 0 Å². The molecule has 0 radical (unpaired) electrons. The Morgan fingerprint density at radius 2 is 1.92 bits per heavy atom. The van der Waals surface area contributed by atoms with Gasteiger partial charge in [0, 0.05) is 24.2 Å². The normalized spacial score (nSPS) is 17.7. The van der Waals surface area contributed by atoms with Crippen LogP contribution in [-0.4, -0.2) is 37.2 Å². The predicted octanol–water partition coefficient (Wildman–Crippen LogP) is 2.23. The molecular formula is C20H25N3O3. The number of ketones is 1. The second-order valence-electron chi connectivity index (χ2n) is 6.97. The first-order valence-corrected chi connectivity index (χ1v) is 8.68. The Morgan fingerprint density at radius 1 is 1.15 bits per heavy atom. The number of hydrogen-bond acceptors (Lipinski definition) is 6.